The Balaban J connectivity index is 1.82. The number of aryl methyl sites for hydroxylation is 1. The van der Waals surface area contributed by atoms with Crippen molar-refractivity contribution in [2.45, 2.75) is 25.2 Å². The van der Waals surface area contributed by atoms with Crippen molar-refractivity contribution in [3.8, 4) is 29.0 Å². The summed E-state index contributed by atoms with van der Waals surface area (Å²) >= 11 is 5.86. The Labute approximate surface area is 217 Å². The van der Waals surface area contributed by atoms with Crippen LogP contribution in [-0.2, 0) is 14.8 Å². The molecule has 1 N–H and O–H groups in total. The molecule has 14 nitrogen and oxygen atoms in total. The number of furan rings is 1. The molecule has 4 rings (SSSR count). The molecule has 4 heterocycles. The third-order valence-electron chi connectivity index (χ3n) is 5.29. The average molecular weight is 551 g/mol. The number of hydrogen-bond donors (Lipinski definition) is 1. The highest BCUT2D eigenvalue weighted by atomic mass is 35.5. The highest BCUT2D eigenvalue weighted by Gasteiger charge is 2.35. The Morgan fingerprint density at radius 1 is 1.03 bits per heavy atom. The van der Waals surface area contributed by atoms with E-state index in [4.69, 9.17) is 30.2 Å². The second-order valence-corrected chi connectivity index (χ2v) is 10.1. The van der Waals surface area contributed by atoms with Crippen molar-refractivity contribution in [3.05, 3.63) is 47.5 Å². The van der Waals surface area contributed by atoms with Crippen LogP contribution < -0.4 is 14.2 Å². The van der Waals surface area contributed by atoms with E-state index in [1.807, 2.05) is 0 Å². The lowest BCUT2D eigenvalue weighted by molar-refractivity contribution is 0.0950. The number of sulfonamides is 1. The molecule has 0 aliphatic rings. The van der Waals surface area contributed by atoms with E-state index in [2.05, 4.69) is 34.9 Å². The molecule has 0 aromatic carbocycles. The maximum Gasteiger partial charge on any atom is 0.245 e. The number of methoxy groups -OCH3 is 3. The summed E-state index contributed by atoms with van der Waals surface area (Å²) in [6.07, 6.45) is 2.92. The lowest BCUT2D eigenvalue weighted by atomic mass is 10.2. The Hall–Kier alpha value is -3.82. The molecule has 16 heteroatoms. The molecule has 37 heavy (non-hydrogen) atoms. The third-order valence-corrected chi connectivity index (χ3v) is 7.18. The predicted octanol–water partition coefficient (Wildman–Crippen LogP) is 2.60. The van der Waals surface area contributed by atoms with Gasteiger partial charge in [0, 0.05) is 19.5 Å². The summed E-state index contributed by atoms with van der Waals surface area (Å²) in [6, 6.07) is 3.39. The Morgan fingerprint density at radius 2 is 1.68 bits per heavy atom. The molecule has 0 saturated carbocycles. The number of nitrogens with one attached hydrogen (secondary N) is 1. The van der Waals surface area contributed by atoms with E-state index < -0.39 is 21.4 Å². The molecule has 0 amide bonds. The molecule has 0 fully saturated rings. The zero-order valence-electron chi connectivity index (χ0n) is 20.4. The van der Waals surface area contributed by atoms with E-state index >= 15 is 0 Å². The van der Waals surface area contributed by atoms with Crippen molar-refractivity contribution in [2.24, 2.45) is 0 Å². The van der Waals surface area contributed by atoms with Crippen LogP contribution in [0.1, 0.15) is 24.6 Å². The first-order valence-electron chi connectivity index (χ1n) is 10.7. The number of halogens is 1. The van der Waals surface area contributed by atoms with Crippen molar-refractivity contribution in [1.29, 1.82) is 0 Å². The van der Waals surface area contributed by atoms with Gasteiger partial charge in [-0.25, -0.2) is 23.0 Å². The summed E-state index contributed by atoms with van der Waals surface area (Å²) in [5.74, 6) is 1.15. The Bertz CT molecular complexity index is 1470. The number of hydrogen-bond acceptors (Lipinski definition) is 12. The summed E-state index contributed by atoms with van der Waals surface area (Å²) in [5, 5.41) is 7.36. The number of aromatic nitrogens is 7. The molecular weight excluding hydrogens is 528 g/mol. The van der Waals surface area contributed by atoms with Crippen LogP contribution in [0, 0.1) is 6.92 Å². The van der Waals surface area contributed by atoms with E-state index in [1.54, 1.807) is 19.1 Å². The first kappa shape index (κ1) is 26.2. The van der Waals surface area contributed by atoms with Gasteiger partial charge >= 0.3 is 0 Å². The van der Waals surface area contributed by atoms with Gasteiger partial charge in [-0.3, -0.25) is 4.72 Å². The molecule has 2 atom stereocenters. The minimum absolute atomic E-state index is 0.0778. The van der Waals surface area contributed by atoms with Gasteiger partial charge in [-0.1, -0.05) is 11.6 Å². The van der Waals surface area contributed by atoms with E-state index in [9.17, 15) is 8.42 Å². The van der Waals surface area contributed by atoms with E-state index in [1.165, 1.54) is 51.5 Å². The lowest BCUT2D eigenvalue weighted by Gasteiger charge is -2.22. The number of anilines is 1. The van der Waals surface area contributed by atoms with Crippen LogP contribution in [-0.4, -0.2) is 69.7 Å². The van der Waals surface area contributed by atoms with E-state index in [-0.39, 0.29) is 35.0 Å². The monoisotopic (exact) mass is 550 g/mol. The van der Waals surface area contributed by atoms with E-state index in [0.717, 1.165) is 0 Å². The van der Waals surface area contributed by atoms with E-state index in [0.29, 0.717) is 16.5 Å². The summed E-state index contributed by atoms with van der Waals surface area (Å²) < 4.78 is 52.8. The van der Waals surface area contributed by atoms with Gasteiger partial charge in [-0.05, 0) is 26.0 Å². The Kier molecular flexibility index (Phi) is 7.56. The molecular formula is C21H23ClN8O6S. The second-order valence-electron chi connectivity index (χ2n) is 7.60. The quantitative estimate of drug-likeness (QED) is 0.306. The smallest absolute Gasteiger partial charge is 0.245 e. The molecule has 0 unspecified atom stereocenters. The second kappa shape index (κ2) is 10.7. The van der Waals surface area contributed by atoms with Gasteiger partial charge in [-0.15, -0.1) is 10.2 Å². The first-order chi connectivity index (χ1) is 17.7. The summed E-state index contributed by atoms with van der Waals surface area (Å²) in [5.41, 5.74) is 0.149. The normalized spacial score (nSPS) is 13.2. The largest absolute Gasteiger partial charge is 0.479 e. The molecule has 0 aliphatic carbocycles. The van der Waals surface area contributed by atoms with Crippen molar-refractivity contribution in [1.82, 2.24) is 34.7 Å². The maximum absolute atomic E-state index is 13.5. The van der Waals surface area contributed by atoms with Crippen molar-refractivity contribution in [2.75, 3.05) is 26.1 Å². The average Bonchev–Trinajstić information content (AvgIpc) is 3.50. The van der Waals surface area contributed by atoms with Gasteiger partial charge < -0.3 is 18.6 Å². The number of nitrogens with zero attached hydrogens (tertiary/aromatic N) is 7. The minimum Gasteiger partial charge on any atom is -0.479 e. The molecule has 4 aromatic heterocycles. The molecule has 0 saturated heterocycles. The van der Waals surface area contributed by atoms with Gasteiger partial charge in [0.05, 0.1) is 19.2 Å². The zero-order valence-corrected chi connectivity index (χ0v) is 22.0. The highest BCUT2D eigenvalue weighted by Crippen LogP contribution is 2.36. The van der Waals surface area contributed by atoms with Crippen LogP contribution in [0.3, 0.4) is 0 Å². The van der Waals surface area contributed by atoms with Crippen LogP contribution in [0.5, 0.6) is 11.8 Å². The molecule has 0 spiro atoms. The number of ether oxygens (including phenoxy) is 3. The zero-order chi connectivity index (χ0) is 26.7. The standard InChI is InChI=1S/C21H23ClN8O6S/c1-11-6-7-14(36-11)18-27-28-21(30(18)15-19(34-4)25-10-26-20(15)35-5)29-37(31,32)12(2)16(33-3)17-23-8-13(22)9-24-17/h6-10,12,16H,1-5H3,(H,28,29)/t12-,16-/m0/s1. The van der Waals surface area contributed by atoms with Crippen LogP contribution in [0.25, 0.3) is 17.3 Å². The minimum atomic E-state index is -4.18. The van der Waals surface area contributed by atoms with Gasteiger partial charge in [0.2, 0.25) is 33.6 Å². The van der Waals surface area contributed by atoms with Crippen molar-refractivity contribution in [3.63, 3.8) is 0 Å². The lowest BCUT2D eigenvalue weighted by Crippen LogP contribution is -2.33. The summed E-state index contributed by atoms with van der Waals surface area (Å²) in [4.78, 5) is 16.4. The highest BCUT2D eigenvalue weighted by molar-refractivity contribution is 7.93. The van der Waals surface area contributed by atoms with Gasteiger partial charge in [0.1, 0.15) is 23.4 Å². The van der Waals surface area contributed by atoms with Crippen molar-refractivity contribution < 1.29 is 27.0 Å². The van der Waals surface area contributed by atoms with Gasteiger partial charge in [0.15, 0.2) is 17.3 Å². The predicted molar refractivity (Wildman–Crippen MR) is 131 cm³/mol. The van der Waals surface area contributed by atoms with Crippen molar-refractivity contribution >= 4 is 27.6 Å². The van der Waals surface area contributed by atoms with Crippen LogP contribution in [0.2, 0.25) is 5.02 Å². The molecule has 0 radical (unpaired) electrons. The van der Waals surface area contributed by atoms with Gasteiger partial charge in [-0.2, -0.15) is 9.97 Å². The van der Waals surface area contributed by atoms with Crippen LogP contribution >= 0.6 is 11.6 Å². The fraction of sp³-hybridized carbons (Fsp3) is 0.333. The molecule has 0 bridgehead atoms. The summed E-state index contributed by atoms with van der Waals surface area (Å²) in [7, 11) is -0.0351. The molecule has 4 aromatic rings. The van der Waals surface area contributed by atoms with Crippen LogP contribution in [0.15, 0.2) is 35.3 Å². The molecule has 196 valence electrons. The fourth-order valence-electron chi connectivity index (χ4n) is 3.47. The van der Waals surface area contributed by atoms with Gasteiger partial charge in [0.25, 0.3) is 0 Å². The fourth-order valence-corrected chi connectivity index (χ4v) is 4.70. The topological polar surface area (TPSA) is 169 Å². The SMILES string of the molecule is COc1ncnc(OC)c1-n1c(NS(=O)(=O)[C@@H](C)[C@H](OC)c2ncc(Cl)cn2)nnc1-c1ccc(C)o1. The maximum atomic E-state index is 13.5. The van der Waals surface area contributed by atoms with Crippen LogP contribution in [0.4, 0.5) is 5.95 Å². The third kappa shape index (κ3) is 5.19. The molecule has 0 aliphatic heterocycles. The first-order valence-corrected chi connectivity index (χ1v) is 12.6. The number of rotatable bonds is 10. The Morgan fingerprint density at radius 3 is 2.22 bits per heavy atom. The summed E-state index contributed by atoms with van der Waals surface area (Å²) in [6.45, 7) is 3.20.